The number of carbonyl (C=O) groups is 1. The van der Waals surface area contributed by atoms with Gasteiger partial charge in [-0.05, 0) is 61.8 Å². The van der Waals surface area contributed by atoms with Crippen LogP contribution in [0.1, 0.15) is 48.6 Å². The van der Waals surface area contributed by atoms with Gasteiger partial charge in [0.15, 0.2) is 5.76 Å². The molecule has 1 unspecified atom stereocenters. The van der Waals surface area contributed by atoms with E-state index in [0.717, 1.165) is 52.8 Å². The number of hydrogen-bond acceptors (Lipinski definition) is 5. The van der Waals surface area contributed by atoms with Crippen LogP contribution in [0.15, 0.2) is 83.4 Å². The molecule has 5 heteroatoms. The zero-order valence-corrected chi connectivity index (χ0v) is 21.4. The maximum atomic E-state index is 12.4. The van der Waals surface area contributed by atoms with Crippen LogP contribution in [0.3, 0.4) is 0 Å². The second kappa shape index (κ2) is 10.7. The molecule has 1 fully saturated rings. The van der Waals surface area contributed by atoms with Crippen LogP contribution in [-0.4, -0.2) is 28.9 Å². The number of benzene rings is 3. The Morgan fingerprint density at radius 2 is 1.59 bits per heavy atom. The molecule has 1 heterocycles. The van der Waals surface area contributed by atoms with Gasteiger partial charge < -0.3 is 14.4 Å². The van der Waals surface area contributed by atoms with E-state index in [9.17, 15) is 9.90 Å². The Morgan fingerprint density at radius 3 is 2.22 bits per heavy atom. The first-order valence-corrected chi connectivity index (χ1v) is 13.1. The van der Waals surface area contributed by atoms with E-state index in [1.807, 2.05) is 56.3 Å². The predicted molar refractivity (Wildman–Crippen MR) is 144 cm³/mol. The minimum atomic E-state index is -0.473. The van der Waals surface area contributed by atoms with Crippen molar-refractivity contribution in [3.8, 4) is 22.5 Å². The summed E-state index contributed by atoms with van der Waals surface area (Å²) in [5, 5.41) is 14.9. The van der Waals surface area contributed by atoms with Crippen molar-refractivity contribution < 1.29 is 19.2 Å². The van der Waals surface area contributed by atoms with Crippen molar-refractivity contribution in [2.75, 3.05) is 6.61 Å². The summed E-state index contributed by atoms with van der Waals surface area (Å²) in [5.41, 5.74) is 6.66. The maximum Gasteiger partial charge on any atom is 0.316 e. The first-order chi connectivity index (χ1) is 18.0. The van der Waals surface area contributed by atoms with E-state index in [1.165, 1.54) is 5.56 Å². The lowest BCUT2D eigenvalue weighted by Crippen LogP contribution is -2.23. The van der Waals surface area contributed by atoms with Crippen molar-refractivity contribution in [2.24, 2.45) is 0 Å². The molecule has 0 aliphatic heterocycles. The fraction of sp³-hybridized carbons (Fsp3) is 0.312. The summed E-state index contributed by atoms with van der Waals surface area (Å²) < 4.78 is 11.0. The van der Waals surface area contributed by atoms with Crippen LogP contribution in [0.2, 0.25) is 0 Å². The lowest BCUT2D eigenvalue weighted by molar-refractivity contribution is -0.146. The van der Waals surface area contributed by atoms with E-state index in [-0.39, 0.29) is 5.97 Å². The van der Waals surface area contributed by atoms with Crippen LogP contribution in [0.4, 0.5) is 0 Å². The van der Waals surface area contributed by atoms with Gasteiger partial charge in [-0.2, -0.15) is 0 Å². The molecular weight excluding hydrogens is 462 g/mol. The predicted octanol–water partition coefficient (Wildman–Crippen LogP) is 6.45. The molecule has 5 nitrogen and oxygen atoms in total. The monoisotopic (exact) mass is 495 g/mol. The summed E-state index contributed by atoms with van der Waals surface area (Å²) in [6.45, 7) is 4.17. The molecule has 1 aliphatic rings. The molecule has 1 N–H and O–H groups in total. The lowest BCUT2D eigenvalue weighted by atomic mass is 9.93. The summed E-state index contributed by atoms with van der Waals surface area (Å²) in [5.74, 6) is 0.596. The molecule has 0 radical (unpaired) electrons. The zero-order chi connectivity index (χ0) is 25.8. The maximum absolute atomic E-state index is 12.4. The van der Waals surface area contributed by atoms with Crippen molar-refractivity contribution in [2.45, 2.75) is 57.5 Å². The SMILES string of the molecule is CCOC(=O)C1(c2ccc(-c3ccc(-c4onc(C)c4CC(O)CCc4ccccc4)cc3)cc2)CC1. The van der Waals surface area contributed by atoms with Gasteiger partial charge in [0.1, 0.15) is 0 Å². The number of aliphatic hydroxyl groups excluding tert-OH is 1. The summed E-state index contributed by atoms with van der Waals surface area (Å²) in [4.78, 5) is 12.4. The van der Waals surface area contributed by atoms with Crippen LogP contribution < -0.4 is 0 Å². The fourth-order valence-corrected chi connectivity index (χ4v) is 4.97. The van der Waals surface area contributed by atoms with Gasteiger partial charge in [0.25, 0.3) is 0 Å². The lowest BCUT2D eigenvalue weighted by Gasteiger charge is -2.15. The van der Waals surface area contributed by atoms with Crippen LogP contribution >= 0.6 is 0 Å². The van der Waals surface area contributed by atoms with Crippen LogP contribution in [0, 0.1) is 6.92 Å². The van der Waals surface area contributed by atoms with Gasteiger partial charge in [-0.1, -0.05) is 84.0 Å². The van der Waals surface area contributed by atoms with Crippen LogP contribution in [0.25, 0.3) is 22.5 Å². The summed E-state index contributed by atoms with van der Waals surface area (Å²) in [6.07, 6.45) is 3.23. The molecule has 3 aromatic carbocycles. The Kier molecular flexibility index (Phi) is 7.24. The molecule has 37 heavy (non-hydrogen) atoms. The van der Waals surface area contributed by atoms with Gasteiger partial charge in [-0.3, -0.25) is 4.79 Å². The minimum Gasteiger partial charge on any atom is -0.465 e. The highest BCUT2D eigenvalue weighted by molar-refractivity contribution is 5.87. The van der Waals surface area contributed by atoms with E-state index in [1.54, 1.807) is 0 Å². The van der Waals surface area contributed by atoms with E-state index in [4.69, 9.17) is 9.26 Å². The Morgan fingerprint density at radius 1 is 0.973 bits per heavy atom. The number of hydrogen-bond donors (Lipinski definition) is 1. The number of aliphatic hydroxyl groups is 1. The van der Waals surface area contributed by atoms with Crippen LogP contribution in [-0.2, 0) is 27.8 Å². The molecule has 1 saturated carbocycles. The first-order valence-electron chi connectivity index (χ1n) is 13.1. The van der Waals surface area contributed by atoms with Gasteiger partial charge >= 0.3 is 5.97 Å². The van der Waals surface area contributed by atoms with Crippen molar-refractivity contribution in [1.82, 2.24) is 5.16 Å². The highest BCUT2D eigenvalue weighted by atomic mass is 16.5. The fourth-order valence-electron chi connectivity index (χ4n) is 4.97. The number of ether oxygens (including phenoxy) is 1. The van der Waals surface area contributed by atoms with Crippen molar-refractivity contribution in [3.05, 3.63) is 101 Å². The third kappa shape index (κ3) is 5.37. The highest BCUT2D eigenvalue weighted by Gasteiger charge is 2.52. The molecule has 1 aromatic heterocycles. The van der Waals surface area contributed by atoms with Crippen LogP contribution in [0.5, 0.6) is 0 Å². The highest BCUT2D eigenvalue weighted by Crippen LogP contribution is 2.49. The number of nitrogens with zero attached hydrogens (tertiary/aromatic N) is 1. The molecule has 1 aliphatic carbocycles. The summed E-state index contributed by atoms with van der Waals surface area (Å²) >= 11 is 0. The van der Waals surface area contributed by atoms with Crippen molar-refractivity contribution >= 4 is 5.97 Å². The van der Waals surface area contributed by atoms with E-state index in [0.29, 0.717) is 25.2 Å². The molecule has 190 valence electrons. The molecule has 0 amide bonds. The Labute approximate surface area is 218 Å². The van der Waals surface area contributed by atoms with E-state index in [2.05, 4.69) is 41.6 Å². The molecule has 1 atom stereocenters. The smallest absolute Gasteiger partial charge is 0.316 e. The number of carbonyl (C=O) groups excluding carboxylic acids is 1. The molecule has 5 rings (SSSR count). The van der Waals surface area contributed by atoms with Gasteiger partial charge in [-0.25, -0.2) is 0 Å². The number of aryl methyl sites for hydroxylation is 2. The number of rotatable bonds is 10. The standard InChI is InChI=1S/C32H33NO4/c1-3-36-31(35)32(19-20-32)27-16-14-25(15-17-27)24-10-12-26(13-11-24)30-29(22(2)33-37-30)21-28(34)18-9-23-7-5-4-6-8-23/h4-8,10-17,28,34H,3,9,18-21H2,1-2H3. The van der Waals surface area contributed by atoms with Gasteiger partial charge in [0.2, 0.25) is 0 Å². The third-order valence-corrected chi connectivity index (χ3v) is 7.37. The number of aromatic nitrogens is 1. The average molecular weight is 496 g/mol. The molecule has 0 bridgehead atoms. The second-order valence-corrected chi connectivity index (χ2v) is 9.92. The first kappa shape index (κ1) is 25.0. The Hall–Kier alpha value is -3.70. The molecular formula is C32H33NO4. The Bertz CT molecular complexity index is 1340. The van der Waals surface area contributed by atoms with Gasteiger partial charge in [0, 0.05) is 17.5 Å². The topological polar surface area (TPSA) is 72.6 Å². The molecule has 0 saturated heterocycles. The summed E-state index contributed by atoms with van der Waals surface area (Å²) in [7, 11) is 0. The van der Waals surface area contributed by atoms with E-state index < -0.39 is 11.5 Å². The molecule has 4 aromatic rings. The van der Waals surface area contributed by atoms with Crippen molar-refractivity contribution in [3.63, 3.8) is 0 Å². The largest absolute Gasteiger partial charge is 0.465 e. The normalized spacial score (nSPS) is 14.8. The second-order valence-electron chi connectivity index (χ2n) is 9.92. The quantitative estimate of drug-likeness (QED) is 0.256. The Balaban J connectivity index is 1.27. The zero-order valence-electron chi connectivity index (χ0n) is 21.4. The number of esters is 1. The van der Waals surface area contributed by atoms with E-state index >= 15 is 0 Å². The average Bonchev–Trinajstić information content (AvgIpc) is 3.67. The molecule has 0 spiro atoms. The van der Waals surface area contributed by atoms with Gasteiger partial charge in [0.05, 0.1) is 23.8 Å². The van der Waals surface area contributed by atoms with Gasteiger partial charge in [-0.15, -0.1) is 0 Å². The summed E-state index contributed by atoms with van der Waals surface area (Å²) in [6, 6.07) is 26.6. The minimum absolute atomic E-state index is 0.115. The third-order valence-electron chi connectivity index (χ3n) is 7.37. The van der Waals surface area contributed by atoms with Crippen molar-refractivity contribution in [1.29, 1.82) is 0 Å².